The van der Waals surface area contributed by atoms with Crippen LogP contribution in [0.3, 0.4) is 0 Å². The fraction of sp³-hybridized carbons (Fsp3) is 0.318. The first-order valence-electron chi connectivity index (χ1n) is 9.99. The lowest BCUT2D eigenvalue weighted by Crippen LogP contribution is -2.33. The molecular formula is C22H25FN4O3S. The van der Waals surface area contributed by atoms with Crippen LogP contribution in [0.15, 0.2) is 40.9 Å². The summed E-state index contributed by atoms with van der Waals surface area (Å²) in [6.45, 7) is 2.56. The minimum absolute atomic E-state index is 0.0208. The number of pyridine rings is 1. The summed E-state index contributed by atoms with van der Waals surface area (Å²) >= 11 is 5.18. The molecule has 1 aromatic carbocycles. The highest BCUT2D eigenvalue weighted by Crippen LogP contribution is 2.26. The molecule has 0 aliphatic carbocycles. The van der Waals surface area contributed by atoms with Gasteiger partial charge in [0.1, 0.15) is 11.4 Å². The summed E-state index contributed by atoms with van der Waals surface area (Å²) in [5, 5.41) is 6.07. The number of nitrogens with one attached hydrogen (secondary N) is 2. The zero-order valence-electron chi connectivity index (χ0n) is 17.7. The van der Waals surface area contributed by atoms with Crippen molar-refractivity contribution < 1.29 is 18.3 Å². The molecule has 3 rings (SSSR count). The van der Waals surface area contributed by atoms with Gasteiger partial charge in [-0.2, -0.15) is 0 Å². The summed E-state index contributed by atoms with van der Waals surface area (Å²) in [5.41, 5.74) is 0.937. The Labute approximate surface area is 185 Å². The van der Waals surface area contributed by atoms with Gasteiger partial charge in [0.25, 0.3) is 5.91 Å². The van der Waals surface area contributed by atoms with Crippen molar-refractivity contribution in [2.24, 2.45) is 0 Å². The number of carbonyl (C=O) groups is 1. The molecule has 0 saturated carbocycles. The number of amides is 1. The molecule has 9 heteroatoms. The number of thiocarbonyl (C=S) groups is 1. The van der Waals surface area contributed by atoms with Crippen LogP contribution in [0.5, 0.6) is 5.75 Å². The summed E-state index contributed by atoms with van der Waals surface area (Å²) in [7, 11) is 3.71. The van der Waals surface area contributed by atoms with Crippen LogP contribution in [0.2, 0.25) is 0 Å². The number of unbranched alkanes of at least 4 members (excludes halogenated alkanes) is 2. The summed E-state index contributed by atoms with van der Waals surface area (Å²) in [6, 6.07) is 7.73. The molecule has 0 aliphatic rings. The predicted molar refractivity (Wildman–Crippen MR) is 123 cm³/mol. The van der Waals surface area contributed by atoms with E-state index in [4.69, 9.17) is 21.4 Å². The van der Waals surface area contributed by atoms with Crippen LogP contribution in [0.4, 0.5) is 15.9 Å². The van der Waals surface area contributed by atoms with Crippen LogP contribution < -0.4 is 20.3 Å². The minimum atomic E-state index is -0.519. The predicted octanol–water partition coefficient (Wildman–Crippen LogP) is 4.73. The molecule has 0 spiro atoms. The molecule has 0 atom stereocenters. The first-order valence-corrected chi connectivity index (χ1v) is 10.4. The number of aromatic nitrogens is 1. The van der Waals surface area contributed by atoms with E-state index in [2.05, 4.69) is 22.5 Å². The lowest BCUT2D eigenvalue weighted by atomic mass is 10.2. The highest BCUT2D eigenvalue weighted by atomic mass is 32.1. The number of hydrogen-bond acceptors (Lipinski definition) is 6. The van der Waals surface area contributed by atoms with Crippen molar-refractivity contribution in [1.29, 1.82) is 0 Å². The molecule has 7 nitrogen and oxygen atoms in total. The van der Waals surface area contributed by atoms with Crippen molar-refractivity contribution in [1.82, 2.24) is 10.3 Å². The number of fused-ring (bicyclic) bond motifs is 1. The molecule has 164 valence electrons. The third-order valence-corrected chi connectivity index (χ3v) is 4.70. The molecule has 2 N–H and O–H groups in total. The molecule has 0 saturated heterocycles. The summed E-state index contributed by atoms with van der Waals surface area (Å²) in [6.07, 6.45) is 4.59. The van der Waals surface area contributed by atoms with E-state index in [-0.39, 0.29) is 16.6 Å². The summed E-state index contributed by atoms with van der Waals surface area (Å²) in [5.74, 6) is -0.0543. The van der Waals surface area contributed by atoms with Gasteiger partial charge in [-0.3, -0.25) is 10.1 Å². The normalized spacial score (nSPS) is 10.7. The van der Waals surface area contributed by atoms with Crippen molar-refractivity contribution in [3.05, 3.63) is 48.1 Å². The second-order valence-electron chi connectivity index (χ2n) is 7.16. The number of ether oxygens (including phenoxy) is 1. The number of halogens is 1. The van der Waals surface area contributed by atoms with Gasteiger partial charge in [0, 0.05) is 38.1 Å². The number of benzene rings is 1. The molecule has 2 aromatic heterocycles. The third-order valence-electron chi connectivity index (χ3n) is 4.49. The second kappa shape index (κ2) is 10.2. The van der Waals surface area contributed by atoms with Crippen molar-refractivity contribution in [2.75, 3.05) is 30.9 Å². The van der Waals surface area contributed by atoms with Gasteiger partial charge in [-0.1, -0.05) is 19.8 Å². The molecule has 3 aromatic rings. The van der Waals surface area contributed by atoms with E-state index in [1.807, 2.05) is 19.0 Å². The maximum atomic E-state index is 14.2. The lowest BCUT2D eigenvalue weighted by molar-refractivity contribution is 0.0953. The highest BCUT2D eigenvalue weighted by molar-refractivity contribution is 7.80. The van der Waals surface area contributed by atoms with E-state index in [1.165, 1.54) is 12.1 Å². The zero-order valence-corrected chi connectivity index (χ0v) is 18.5. The first-order chi connectivity index (χ1) is 14.9. The Morgan fingerprint density at radius 1 is 1.26 bits per heavy atom. The number of carbonyl (C=O) groups excluding carboxylic acids is 1. The van der Waals surface area contributed by atoms with Gasteiger partial charge >= 0.3 is 0 Å². The van der Waals surface area contributed by atoms with Crippen molar-refractivity contribution >= 4 is 45.7 Å². The van der Waals surface area contributed by atoms with E-state index < -0.39 is 11.7 Å². The van der Waals surface area contributed by atoms with Crippen LogP contribution in [-0.2, 0) is 0 Å². The number of furan rings is 1. The van der Waals surface area contributed by atoms with Crippen LogP contribution in [0, 0.1) is 5.82 Å². The zero-order chi connectivity index (χ0) is 22.4. The van der Waals surface area contributed by atoms with Gasteiger partial charge in [-0.25, -0.2) is 9.37 Å². The maximum absolute atomic E-state index is 14.2. The number of anilines is 2. The topological polar surface area (TPSA) is 79.6 Å². The van der Waals surface area contributed by atoms with Crippen LogP contribution in [-0.4, -0.2) is 36.7 Å². The van der Waals surface area contributed by atoms with Crippen LogP contribution in [0.1, 0.15) is 36.7 Å². The third kappa shape index (κ3) is 5.69. The van der Waals surface area contributed by atoms with Crippen molar-refractivity contribution in [3.8, 4) is 5.75 Å². The number of nitrogens with zero attached hydrogens (tertiary/aromatic N) is 2. The fourth-order valence-corrected chi connectivity index (χ4v) is 3.18. The fourth-order valence-electron chi connectivity index (χ4n) is 2.97. The van der Waals surface area contributed by atoms with Crippen molar-refractivity contribution in [3.63, 3.8) is 0 Å². The molecular weight excluding hydrogens is 419 g/mol. The standard InChI is InChI=1S/C22H25FN4O3S/c1-4-5-6-11-29-18-8-7-14(12-16(18)23)25-22(31)26-21(28)19-13-15-17(30-19)9-10-24-20(15)27(2)3/h7-10,12-13H,4-6,11H2,1-3H3,(H2,25,26,28,31). The quantitative estimate of drug-likeness (QED) is 0.384. The van der Waals surface area contributed by atoms with Gasteiger partial charge in [0.15, 0.2) is 22.4 Å². The SMILES string of the molecule is CCCCCOc1ccc(NC(=S)NC(=O)c2cc3c(N(C)C)nccc3o2)cc1F. The van der Waals surface area contributed by atoms with E-state index in [9.17, 15) is 9.18 Å². The second-order valence-corrected chi connectivity index (χ2v) is 7.57. The van der Waals surface area contributed by atoms with Gasteiger partial charge in [0.05, 0.1) is 12.0 Å². The molecule has 31 heavy (non-hydrogen) atoms. The van der Waals surface area contributed by atoms with Crippen LogP contribution in [0.25, 0.3) is 11.0 Å². The molecule has 0 unspecified atom stereocenters. The molecule has 1 amide bonds. The Hall–Kier alpha value is -3.20. The molecule has 0 fully saturated rings. The summed E-state index contributed by atoms with van der Waals surface area (Å²) in [4.78, 5) is 18.6. The summed E-state index contributed by atoms with van der Waals surface area (Å²) < 4.78 is 25.3. The minimum Gasteiger partial charge on any atom is -0.491 e. The number of rotatable bonds is 8. The van der Waals surface area contributed by atoms with Gasteiger partial charge in [-0.15, -0.1) is 0 Å². The molecule has 0 radical (unpaired) electrons. The smallest absolute Gasteiger partial charge is 0.293 e. The maximum Gasteiger partial charge on any atom is 0.293 e. The van der Waals surface area contributed by atoms with Gasteiger partial charge < -0.3 is 19.4 Å². The number of hydrogen-bond donors (Lipinski definition) is 2. The molecule has 0 bridgehead atoms. The van der Waals surface area contributed by atoms with Crippen LogP contribution >= 0.6 is 12.2 Å². The average molecular weight is 445 g/mol. The highest BCUT2D eigenvalue weighted by Gasteiger charge is 2.17. The van der Waals surface area contributed by atoms with E-state index >= 15 is 0 Å². The monoisotopic (exact) mass is 444 g/mol. The Morgan fingerprint density at radius 3 is 2.77 bits per heavy atom. The van der Waals surface area contributed by atoms with E-state index in [1.54, 1.807) is 24.4 Å². The van der Waals surface area contributed by atoms with E-state index in [0.717, 1.165) is 19.3 Å². The Balaban J connectivity index is 1.62. The average Bonchev–Trinajstić information content (AvgIpc) is 3.17. The van der Waals surface area contributed by atoms with Gasteiger partial charge in [0.2, 0.25) is 0 Å². The molecule has 0 aliphatic heterocycles. The Bertz CT molecular complexity index is 1080. The first kappa shape index (κ1) is 22.5. The van der Waals surface area contributed by atoms with Crippen molar-refractivity contribution in [2.45, 2.75) is 26.2 Å². The largest absolute Gasteiger partial charge is 0.491 e. The Kier molecular flexibility index (Phi) is 7.41. The lowest BCUT2D eigenvalue weighted by Gasteiger charge is -2.11. The van der Waals surface area contributed by atoms with E-state index in [0.29, 0.717) is 29.1 Å². The Morgan fingerprint density at radius 2 is 2.06 bits per heavy atom. The molecule has 2 heterocycles. The van der Waals surface area contributed by atoms with Gasteiger partial charge in [-0.05, 0) is 36.8 Å².